The number of rotatable bonds is 3. The molecular weight excluding hydrogens is 380 g/mol. The highest BCUT2D eigenvalue weighted by molar-refractivity contribution is 9.10. The highest BCUT2D eigenvalue weighted by Gasteiger charge is 2.08. The molecule has 0 aliphatic rings. The molecule has 102 valence electrons. The lowest BCUT2D eigenvalue weighted by molar-refractivity contribution is 0.686. The molecule has 3 aromatic rings. The van der Waals surface area contributed by atoms with Crippen LogP contribution in [0.25, 0.3) is 10.2 Å². The summed E-state index contributed by atoms with van der Waals surface area (Å²) in [5.74, 6) is 0. The van der Waals surface area contributed by atoms with E-state index < -0.39 is 11.0 Å². The normalized spacial score (nSPS) is 12.5. The Morgan fingerprint density at radius 3 is 2.70 bits per heavy atom. The minimum absolute atomic E-state index is 0.621. The van der Waals surface area contributed by atoms with E-state index in [4.69, 9.17) is 11.6 Å². The van der Waals surface area contributed by atoms with Gasteiger partial charge in [0.2, 0.25) is 0 Å². The minimum atomic E-state index is -1.35. The Bertz CT molecular complexity index is 789. The van der Waals surface area contributed by atoms with Gasteiger partial charge in [0.25, 0.3) is 0 Å². The number of aromatic nitrogens is 1. The number of hydrogen-bond donors (Lipinski definition) is 1. The van der Waals surface area contributed by atoms with Gasteiger partial charge in [-0.2, -0.15) is 0 Å². The Hall–Kier alpha value is -0.950. The maximum absolute atomic E-state index is 12.2. The molecule has 0 amide bonds. The van der Waals surface area contributed by atoms with Crippen LogP contribution in [-0.4, -0.2) is 9.19 Å². The van der Waals surface area contributed by atoms with E-state index in [-0.39, 0.29) is 0 Å². The third kappa shape index (κ3) is 3.03. The quantitative estimate of drug-likeness (QED) is 0.698. The average Bonchev–Trinajstić information content (AvgIpc) is 2.80. The largest absolute Gasteiger partial charge is 0.277 e. The molecule has 2 aromatic carbocycles. The van der Waals surface area contributed by atoms with Gasteiger partial charge in [-0.05, 0) is 42.5 Å². The standard InChI is InChI=1S/C13H8BrClN2OS2/c14-8-1-6-12-11(7-8)16-13(19-12)17-20(18)10-4-2-9(15)3-5-10/h1-7H,(H,16,17). The van der Waals surface area contributed by atoms with E-state index in [0.717, 1.165) is 14.7 Å². The molecule has 3 nitrogen and oxygen atoms in total. The lowest BCUT2D eigenvalue weighted by atomic mass is 10.3. The summed E-state index contributed by atoms with van der Waals surface area (Å²) in [4.78, 5) is 5.08. The summed E-state index contributed by atoms with van der Waals surface area (Å²) in [5.41, 5.74) is 0.875. The Kier molecular flexibility index (Phi) is 4.07. The Labute approximate surface area is 135 Å². The fraction of sp³-hybridized carbons (Fsp3) is 0. The van der Waals surface area contributed by atoms with Crippen LogP contribution in [0.5, 0.6) is 0 Å². The summed E-state index contributed by atoms with van der Waals surface area (Å²) < 4.78 is 17.1. The first-order valence-electron chi connectivity index (χ1n) is 5.62. The molecule has 1 unspecified atom stereocenters. The van der Waals surface area contributed by atoms with Crippen LogP contribution in [0.2, 0.25) is 5.02 Å². The molecular formula is C13H8BrClN2OS2. The maximum Gasteiger partial charge on any atom is 0.196 e. The van der Waals surface area contributed by atoms with Gasteiger partial charge in [-0.25, -0.2) is 9.19 Å². The Morgan fingerprint density at radius 2 is 1.95 bits per heavy atom. The van der Waals surface area contributed by atoms with Gasteiger partial charge >= 0.3 is 0 Å². The zero-order valence-electron chi connectivity index (χ0n) is 9.97. The highest BCUT2D eigenvalue weighted by Crippen LogP contribution is 2.29. The van der Waals surface area contributed by atoms with E-state index >= 15 is 0 Å². The van der Waals surface area contributed by atoms with Crippen LogP contribution in [0.3, 0.4) is 0 Å². The lowest BCUT2D eigenvalue weighted by Crippen LogP contribution is -2.03. The molecule has 0 bridgehead atoms. The number of fused-ring (bicyclic) bond motifs is 1. The fourth-order valence-electron chi connectivity index (χ4n) is 1.64. The molecule has 0 saturated carbocycles. The predicted molar refractivity (Wildman–Crippen MR) is 88.8 cm³/mol. The molecule has 0 fully saturated rings. The molecule has 3 rings (SSSR count). The second-order valence-corrected chi connectivity index (χ2v) is 7.55. The molecule has 0 aliphatic heterocycles. The topological polar surface area (TPSA) is 42.0 Å². The third-order valence-electron chi connectivity index (χ3n) is 2.56. The van der Waals surface area contributed by atoms with Gasteiger partial charge in [-0.15, -0.1) is 0 Å². The van der Waals surface area contributed by atoms with Crippen LogP contribution in [-0.2, 0) is 11.0 Å². The van der Waals surface area contributed by atoms with Crippen molar-refractivity contribution in [1.82, 2.24) is 4.98 Å². The van der Waals surface area contributed by atoms with Crippen molar-refractivity contribution in [3.8, 4) is 0 Å². The molecule has 1 aromatic heterocycles. The molecule has 1 N–H and O–H groups in total. The van der Waals surface area contributed by atoms with Gasteiger partial charge < -0.3 is 0 Å². The monoisotopic (exact) mass is 386 g/mol. The number of thiazole rings is 1. The van der Waals surface area contributed by atoms with Crippen molar-refractivity contribution in [2.24, 2.45) is 0 Å². The molecule has 0 saturated heterocycles. The SMILES string of the molecule is O=S(Nc1nc2cc(Br)ccc2s1)c1ccc(Cl)cc1. The second-order valence-electron chi connectivity index (χ2n) is 3.96. The number of nitrogens with one attached hydrogen (secondary N) is 1. The van der Waals surface area contributed by atoms with Crippen molar-refractivity contribution >= 4 is 65.2 Å². The van der Waals surface area contributed by atoms with Crippen LogP contribution in [0, 0.1) is 0 Å². The summed E-state index contributed by atoms with van der Waals surface area (Å²) in [6, 6.07) is 12.8. The van der Waals surface area contributed by atoms with Crippen LogP contribution in [0.4, 0.5) is 5.13 Å². The summed E-state index contributed by atoms with van der Waals surface area (Å²) in [6.07, 6.45) is 0. The van der Waals surface area contributed by atoms with E-state index in [1.807, 2.05) is 18.2 Å². The van der Waals surface area contributed by atoms with Crippen LogP contribution >= 0.6 is 38.9 Å². The second kappa shape index (κ2) is 5.81. The molecule has 1 heterocycles. The zero-order valence-corrected chi connectivity index (χ0v) is 13.9. The van der Waals surface area contributed by atoms with Gasteiger partial charge in [-0.3, -0.25) is 4.72 Å². The van der Waals surface area contributed by atoms with Gasteiger partial charge in [0.05, 0.1) is 15.1 Å². The van der Waals surface area contributed by atoms with Crippen molar-refractivity contribution in [2.45, 2.75) is 4.90 Å². The lowest BCUT2D eigenvalue weighted by Gasteiger charge is -2.02. The first-order chi connectivity index (χ1) is 9.61. The maximum atomic E-state index is 12.2. The van der Waals surface area contributed by atoms with Gasteiger partial charge in [-0.1, -0.05) is 38.9 Å². The third-order valence-corrected chi connectivity index (χ3v) is 5.46. The molecule has 0 spiro atoms. The smallest absolute Gasteiger partial charge is 0.196 e. The van der Waals surface area contributed by atoms with E-state index in [1.54, 1.807) is 24.3 Å². The summed E-state index contributed by atoms with van der Waals surface area (Å²) >= 11 is 10.7. The van der Waals surface area contributed by atoms with Crippen molar-refractivity contribution in [3.63, 3.8) is 0 Å². The molecule has 7 heteroatoms. The van der Waals surface area contributed by atoms with Gasteiger partial charge in [0.15, 0.2) is 16.1 Å². The van der Waals surface area contributed by atoms with Gasteiger partial charge in [0, 0.05) is 9.50 Å². The van der Waals surface area contributed by atoms with Crippen molar-refractivity contribution in [1.29, 1.82) is 0 Å². The fourth-order valence-corrected chi connectivity index (χ4v) is 3.91. The van der Waals surface area contributed by atoms with E-state index in [1.165, 1.54) is 11.3 Å². The molecule has 0 aliphatic carbocycles. The van der Waals surface area contributed by atoms with E-state index in [9.17, 15) is 4.21 Å². The van der Waals surface area contributed by atoms with Crippen LogP contribution < -0.4 is 4.72 Å². The molecule has 20 heavy (non-hydrogen) atoms. The average molecular weight is 388 g/mol. The van der Waals surface area contributed by atoms with E-state index in [0.29, 0.717) is 15.0 Å². The van der Waals surface area contributed by atoms with E-state index in [2.05, 4.69) is 25.6 Å². The van der Waals surface area contributed by atoms with Crippen molar-refractivity contribution < 1.29 is 4.21 Å². The Balaban J connectivity index is 1.85. The minimum Gasteiger partial charge on any atom is -0.277 e. The predicted octanol–water partition coefficient (Wildman–Crippen LogP) is 4.85. The number of anilines is 1. The zero-order chi connectivity index (χ0) is 14.1. The first kappa shape index (κ1) is 14.0. The van der Waals surface area contributed by atoms with Crippen molar-refractivity contribution in [3.05, 3.63) is 52.0 Å². The Morgan fingerprint density at radius 1 is 1.20 bits per heavy atom. The van der Waals surface area contributed by atoms with Crippen LogP contribution in [0.1, 0.15) is 0 Å². The van der Waals surface area contributed by atoms with Gasteiger partial charge in [0.1, 0.15) is 0 Å². The number of benzene rings is 2. The summed E-state index contributed by atoms with van der Waals surface area (Å²) in [7, 11) is -1.35. The molecule has 0 radical (unpaired) electrons. The number of nitrogens with zero attached hydrogens (tertiary/aromatic N) is 1. The number of halogens is 2. The summed E-state index contributed by atoms with van der Waals surface area (Å²) in [5, 5.41) is 1.25. The molecule has 1 atom stereocenters. The van der Waals surface area contributed by atoms with Crippen molar-refractivity contribution in [2.75, 3.05) is 4.72 Å². The number of hydrogen-bond acceptors (Lipinski definition) is 3. The highest BCUT2D eigenvalue weighted by atomic mass is 79.9. The summed E-state index contributed by atoms with van der Waals surface area (Å²) in [6.45, 7) is 0. The first-order valence-corrected chi connectivity index (χ1v) is 8.76. The van der Waals surface area contributed by atoms with Crippen LogP contribution in [0.15, 0.2) is 51.8 Å².